The molecule has 112 valence electrons. The molecule has 0 radical (unpaired) electrons. The molecule has 0 spiro atoms. The molecule has 0 aromatic heterocycles. The molecule has 0 saturated carbocycles. The first-order valence-electron chi connectivity index (χ1n) is 6.90. The number of carbonyl (C=O) groups excluding carboxylic acids is 2. The average molecular weight is 287 g/mol. The Morgan fingerprint density at radius 2 is 2.05 bits per heavy atom. The van der Waals surface area contributed by atoms with Crippen molar-refractivity contribution in [1.29, 1.82) is 0 Å². The average Bonchev–Trinajstić information content (AvgIpc) is 2.45. The summed E-state index contributed by atoms with van der Waals surface area (Å²) in [6.45, 7) is 2.75. The van der Waals surface area contributed by atoms with E-state index in [2.05, 4.69) is 17.2 Å². The Hall–Kier alpha value is -2.32. The first-order chi connectivity index (χ1) is 10.0. The van der Waals surface area contributed by atoms with Crippen LogP contribution in [0, 0.1) is 18.8 Å². The minimum Gasteiger partial charge on any atom is -0.370 e. The van der Waals surface area contributed by atoms with Gasteiger partial charge in [-0.1, -0.05) is 11.8 Å². The molecule has 0 bridgehead atoms. The number of nitrogens with two attached hydrogens (primary N) is 2. The molecule has 5 nitrogen and oxygen atoms in total. The van der Waals surface area contributed by atoms with Crippen molar-refractivity contribution in [3.63, 3.8) is 0 Å². The van der Waals surface area contributed by atoms with Crippen molar-refractivity contribution in [2.75, 3.05) is 13.1 Å². The van der Waals surface area contributed by atoms with E-state index in [-0.39, 0.29) is 11.8 Å². The molecule has 0 aliphatic heterocycles. The maximum Gasteiger partial charge on any atom is 0.251 e. The van der Waals surface area contributed by atoms with Crippen LogP contribution in [0.5, 0.6) is 0 Å². The predicted octanol–water partition coefficient (Wildman–Crippen LogP) is 0.691. The summed E-state index contributed by atoms with van der Waals surface area (Å²) in [5, 5.41) is 2.82. The Kier molecular flexibility index (Phi) is 6.99. The fourth-order valence-electron chi connectivity index (χ4n) is 1.82. The van der Waals surface area contributed by atoms with Crippen LogP contribution in [0.25, 0.3) is 0 Å². The Morgan fingerprint density at radius 3 is 2.67 bits per heavy atom. The molecular weight excluding hydrogens is 266 g/mol. The highest BCUT2D eigenvalue weighted by Crippen LogP contribution is 2.10. The fourth-order valence-corrected chi connectivity index (χ4v) is 1.82. The van der Waals surface area contributed by atoms with Gasteiger partial charge in [-0.15, -0.1) is 0 Å². The van der Waals surface area contributed by atoms with Crippen molar-refractivity contribution in [1.82, 2.24) is 5.32 Å². The number of rotatable bonds is 6. The zero-order valence-electron chi connectivity index (χ0n) is 12.2. The number of aryl methyl sites for hydroxylation is 1. The molecule has 0 saturated heterocycles. The summed E-state index contributed by atoms with van der Waals surface area (Å²) >= 11 is 0. The molecule has 1 aromatic carbocycles. The molecular formula is C16H21N3O2. The van der Waals surface area contributed by atoms with Crippen molar-refractivity contribution in [3.8, 4) is 11.8 Å². The quantitative estimate of drug-likeness (QED) is 0.530. The number of amides is 2. The lowest BCUT2D eigenvalue weighted by Crippen LogP contribution is -2.24. The minimum absolute atomic E-state index is 0.129. The number of carbonyl (C=O) groups is 2. The number of benzene rings is 1. The van der Waals surface area contributed by atoms with Crippen LogP contribution in [0.2, 0.25) is 0 Å². The van der Waals surface area contributed by atoms with Crippen LogP contribution in [0.15, 0.2) is 18.2 Å². The van der Waals surface area contributed by atoms with E-state index in [1.54, 1.807) is 12.1 Å². The zero-order valence-corrected chi connectivity index (χ0v) is 12.2. The van der Waals surface area contributed by atoms with Gasteiger partial charge >= 0.3 is 0 Å². The predicted molar refractivity (Wildman–Crippen MR) is 82.5 cm³/mol. The smallest absolute Gasteiger partial charge is 0.251 e. The van der Waals surface area contributed by atoms with Gasteiger partial charge in [0.1, 0.15) is 0 Å². The SMILES string of the molecule is Cc1cc(C(=O)NCCCCC(N)=O)ccc1C#CCN. The van der Waals surface area contributed by atoms with Crippen LogP contribution in [0.4, 0.5) is 0 Å². The van der Waals surface area contributed by atoms with Crippen LogP contribution in [-0.2, 0) is 4.79 Å². The third-order valence-electron chi connectivity index (χ3n) is 2.95. The second-order valence-corrected chi connectivity index (χ2v) is 4.71. The topological polar surface area (TPSA) is 98.2 Å². The maximum absolute atomic E-state index is 12.0. The Balaban J connectivity index is 2.51. The molecule has 2 amide bonds. The fraction of sp³-hybridized carbons (Fsp3) is 0.375. The molecule has 5 heteroatoms. The lowest BCUT2D eigenvalue weighted by atomic mass is 10.0. The van der Waals surface area contributed by atoms with Crippen LogP contribution in [0.3, 0.4) is 0 Å². The van der Waals surface area contributed by atoms with E-state index in [0.717, 1.165) is 17.5 Å². The first kappa shape index (κ1) is 16.7. The van der Waals surface area contributed by atoms with Gasteiger partial charge in [0.05, 0.1) is 6.54 Å². The Morgan fingerprint density at radius 1 is 1.29 bits per heavy atom. The molecule has 1 aromatic rings. The van der Waals surface area contributed by atoms with Gasteiger partial charge in [0.2, 0.25) is 5.91 Å². The molecule has 0 unspecified atom stereocenters. The summed E-state index contributed by atoms with van der Waals surface area (Å²) in [5.41, 5.74) is 12.8. The summed E-state index contributed by atoms with van der Waals surface area (Å²) in [6, 6.07) is 5.37. The van der Waals surface area contributed by atoms with Crippen LogP contribution < -0.4 is 16.8 Å². The van der Waals surface area contributed by atoms with Crippen LogP contribution in [0.1, 0.15) is 40.7 Å². The second-order valence-electron chi connectivity index (χ2n) is 4.71. The number of nitrogens with one attached hydrogen (secondary N) is 1. The summed E-state index contributed by atoms with van der Waals surface area (Å²) in [5.74, 6) is 5.31. The highest BCUT2D eigenvalue weighted by Gasteiger charge is 2.06. The number of hydrogen-bond donors (Lipinski definition) is 3. The van der Waals surface area contributed by atoms with E-state index in [4.69, 9.17) is 11.5 Å². The maximum atomic E-state index is 12.0. The monoisotopic (exact) mass is 287 g/mol. The molecule has 0 aliphatic rings. The van der Waals surface area contributed by atoms with Crippen LogP contribution in [-0.4, -0.2) is 24.9 Å². The molecule has 0 fully saturated rings. The van der Waals surface area contributed by atoms with Gasteiger partial charge in [-0.2, -0.15) is 0 Å². The van der Waals surface area contributed by atoms with Crippen molar-refractivity contribution in [3.05, 3.63) is 34.9 Å². The van der Waals surface area contributed by atoms with Crippen molar-refractivity contribution < 1.29 is 9.59 Å². The molecule has 21 heavy (non-hydrogen) atoms. The molecule has 5 N–H and O–H groups in total. The van der Waals surface area contributed by atoms with Gasteiger partial charge in [0.25, 0.3) is 5.91 Å². The standard InChI is InChI=1S/C16H21N3O2/c1-12-11-14(8-7-13(12)5-4-9-17)16(21)19-10-3-2-6-15(18)20/h7-8,11H,2-3,6,9-10,17H2,1H3,(H2,18,20)(H,19,21). The molecule has 0 atom stereocenters. The highest BCUT2D eigenvalue weighted by atomic mass is 16.2. The second kappa shape index (κ2) is 8.77. The number of hydrogen-bond acceptors (Lipinski definition) is 3. The lowest BCUT2D eigenvalue weighted by Gasteiger charge is -2.06. The molecule has 0 aliphatic carbocycles. The van der Waals surface area contributed by atoms with Crippen molar-refractivity contribution >= 4 is 11.8 Å². The van der Waals surface area contributed by atoms with Gasteiger partial charge in [-0.05, 0) is 43.5 Å². The minimum atomic E-state index is -0.314. The van der Waals surface area contributed by atoms with Crippen molar-refractivity contribution in [2.45, 2.75) is 26.2 Å². The van der Waals surface area contributed by atoms with Gasteiger partial charge in [0, 0.05) is 24.1 Å². The van der Waals surface area contributed by atoms with E-state index in [0.29, 0.717) is 31.5 Å². The molecule has 1 rings (SSSR count). The molecule has 0 heterocycles. The van der Waals surface area contributed by atoms with E-state index < -0.39 is 0 Å². The van der Waals surface area contributed by atoms with E-state index >= 15 is 0 Å². The van der Waals surface area contributed by atoms with Crippen molar-refractivity contribution in [2.24, 2.45) is 11.5 Å². The summed E-state index contributed by atoms with van der Waals surface area (Å²) < 4.78 is 0. The van der Waals surface area contributed by atoms with E-state index in [1.165, 1.54) is 0 Å². The third-order valence-corrected chi connectivity index (χ3v) is 2.95. The first-order valence-corrected chi connectivity index (χ1v) is 6.90. The van der Waals surface area contributed by atoms with Gasteiger partial charge < -0.3 is 16.8 Å². The normalized spacial score (nSPS) is 9.62. The van der Waals surface area contributed by atoms with Gasteiger partial charge in [-0.25, -0.2) is 0 Å². The Labute approximate surface area is 125 Å². The van der Waals surface area contributed by atoms with Crippen LogP contribution >= 0.6 is 0 Å². The van der Waals surface area contributed by atoms with E-state index in [1.807, 2.05) is 13.0 Å². The lowest BCUT2D eigenvalue weighted by molar-refractivity contribution is -0.118. The third kappa shape index (κ3) is 6.11. The summed E-state index contributed by atoms with van der Waals surface area (Å²) in [6.07, 6.45) is 1.76. The summed E-state index contributed by atoms with van der Waals surface area (Å²) in [4.78, 5) is 22.5. The van der Waals surface area contributed by atoms with Gasteiger partial charge in [0.15, 0.2) is 0 Å². The largest absolute Gasteiger partial charge is 0.370 e. The summed E-state index contributed by atoms with van der Waals surface area (Å²) in [7, 11) is 0. The number of primary amides is 1. The van der Waals surface area contributed by atoms with Gasteiger partial charge in [-0.3, -0.25) is 9.59 Å². The highest BCUT2D eigenvalue weighted by molar-refractivity contribution is 5.94. The zero-order chi connectivity index (χ0) is 15.7. The Bertz CT molecular complexity index is 571. The number of unbranched alkanes of at least 4 members (excludes halogenated alkanes) is 1. The van der Waals surface area contributed by atoms with E-state index in [9.17, 15) is 9.59 Å².